The maximum absolute atomic E-state index is 10.2. The molecule has 0 aromatic carbocycles. The van der Waals surface area contributed by atoms with Gasteiger partial charge in [-0.15, -0.1) is 0 Å². The Bertz CT molecular complexity index is 340. The second-order valence-corrected chi connectivity index (χ2v) is 5.75. The van der Waals surface area contributed by atoms with Gasteiger partial charge in [-0.3, -0.25) is 4.55 Å². The molecular weight excluding hydrogens is 384 g/mol. The zero-order valence-corrected chi connectivity index (χ0v) is 14.7. The summed E-state index contributed by atoms with van der Waals surface area (Å²) < 4.78 is 33.0. The summed E-state index contributed by atoms with van der Waals surface area (Å²) in [7, 11) is -4.23. The van der Waals surface area contributed by atoms with E-state index in [1.165, 1.54) is 44.9 Å². The van der Waals surface area contributed by atoms with Crippen LogP contribution in [0.1, 0.15) is 71.1 Å². The SMILES string of the molecule is CCCCCCCCCCCCOS(=O)(=O)O.O=[N+]([O-])[O-].[Co].[NaH]. The molecule has 0 aliphatic rings. The van der Waals surface area contributed by atoms with E-state index in [9.17, 15) is 8.42 Å². The molecular formula is C12H27CoNNaO7S-. The normalized spacial score (nSPS) is 9.83. The molecule has 0 saturated carbocycles. The van der Waals surface area contributed by atoms with Gasteiger partial charge in [-0.1, -0.05) is 64.7 Å². The van der Waals surface area contributed by atoms with E-state index in [-0.39, 0.29) is 52.9 Å². The molecule has 23 heavy (non-hydrogen) atoms. The van der Waals surface area contributed by atoms with Gasteiger partial charge in [0.1, 0.15) is 0 Å². The molecule has 1 N–H and O–H groups in total. The molecule has 0 aromatic rings. The van der Waals surface area contributed by atoms with Gasteiger partial charge in [-0.25, -0.2) is 4.18 Å². The van der Waals surface area contributed by atoms with Crippen LogP contribution in [0.3, 0.4) is 0 Å². The second kappa shape index (κ2) is 22.6. The van der Waals surface area contributed by atoms with E-state index in [1.54, 1.807) is 0 Å². The Balaban J connectivity index is -0.000000268. The van der Waals surface area contributed by atoms with Crippen molar-refractivity contribution < 1.29 is 39.0 Å². The molecule has 0 fully saturated rings. The van der Waals surface area contributed by atoms with Crippen molar-refractivity contribution in [1.29, 1.82) is 0 Å². The molecule has 0 atom stereocenters. The van der Waals surface area contributed by atoms with Crippen LogP contribution >= 0.6 is 0 Å². The molecule has 0 saturated heterocycles. The van der Waals surface area contributed by atoms with E-state index < -0.39 is 15.5 Å². The van der Waals surface area contributed by atoms with E-state index in [4.69, 9.17) is 19.9 Å². The minimum atomic E-state index is -4.23. The number of rotatable bonds is 12. The van der Waals surface area contributed by atoms with Crippen molar-refractivity contribution in [2.24, 2.45) is 0 Å². The average molecular weight is 411 g/mol. The summed E-state index contributed by atoms with van der Waals surface area (Å²) in [4.78, 5) is 8.25. The topological polar surface area (TPSA) is 130 Å². The van der Waals surface area contributed by atoms with Crippen molar-refractivity contribution >= 4 is 40.0 Å². The molecule has 0 amide bonds. The van der Waals surface area contributed by atoms with Crippen molar-refractivity contribution in [2.75, 3.05) is 6.61 Å². The van der Waals surface area contributed by atoms with Gasteiger partial charge < -0.3 is 15.3 Å². The molecule has 11 heteroatoms. The van der Waals surface area contributed by atoms with Crippen molar-refractivity contribution in [1.82, 2.24) is 0 Å². The molecule has 139 valence electrons. The minimum absolute atomic E-state index is 0. The van der Waals surface area contributed by atoms with Crippen LogP contribution in [0.15, 0.2) is 0 Å². The van der Waals surface area contributed by atoms with E-state index in [1.807, 2.05) is 0 Å². The molecule has 1 radical (unpaired) electrons. The van der Waals surface area contributed by atoms with Crippen molar-refractivity contribution in [3.8, 4) is 0 Å². The third-order valence-electron chi connectivity index (χ3n) is 2.73. The van der Waals surface area contributed by atoms with E-state index in [0.717, 1.165) is 12.8 Å². The van der Waals surface area contributed by atoms with Gasteiger partial charge in [0.2, 0.25) is 0 Å². The fraction of sp³-hybridized carbons (Fsp3) is 1.00. The predicted octanol–water partition coefficient (Wildman–Crippen LogP) is 2.84. The van der Waals surface area contributed by atoms with Crippen molar-refractivity contribution in [3.05, 3.63) is 15.3 Å². The third-order valence-corrected chi connectivity index (χ3v) is 3.19. The van der Waals surface area contributed by atoms with Gasteiger partial charge in [0.15, 0.2) is 0 Å². The fourth-order valence-electron chi connectivity index (χ4n) is 1.75. The average Bonchev–Trinajstić information content (AvgIpc) is 2.34. The van der Waals surface area contributed by atoms with Gasteiger partial charge in [0.25, 0.3) is 0 Å². The first-order valence-electron chi connectivity index (χ1n) is 7.23. The van der Waals surface area contributed by atoms with E-state index in [2.05, 4.69) is 11.1 Å². The number of hydrogen-bond acceptors (Lipinski definition) is 6. The molecule has 0 aromatic heterocycles. The summed E-state index contributed by atoms with van der Waals surface area (Å²) in [6.45, 7) is 2.31. The zero-order chi connectivity index (χ0) is 16.6. The monoisotopic (exact) mass is 411 g/mol. The molecule has 0 bridgehead atoms. The standard InChI is InChI=1S/C12H26O4S.Co.NO3.Na.H/c1-2-3-4-5-6-7-8-9-10-11-12-16-17(13,14)15;;2-1(3)4;;/h2-12H2,1H3,(H,13,14,15);;;;/q;;-1;;. The van der Waals surface area contributed by atoms with Crippen LogP contribution in [-0.4, -0.2) is 54.2 Å². The Labute approximate surface area is 171 Å². The third kappa shape index (κ3) is 45.0. The zero-order valence-electron chi connectivity index (χ0n) is 12.9. The van der Waals surface area contributed by atoms with Gasteiger partial charge in [-0.05, 0) is 6.42 Å². The van der Waals surface area contributed by atoms with Crippen LogP contribution < -0.4 is 0 Å². The molecule has 0 rings (SSSR count). The van der Waals surface area contributed by atoms with Crippen molar-refractivity contribution in [3.63, 3.8) is 0 Å². The van der Waals surface area contributed by atoms with Crippen LogP contribution in [0, 0.1) is 15.3 Å². The molecule has 0 heterocycles. The first-order valence-corrected chi connectivity index (χ1v) is 8.59. The summed E-state index contributed by atoms with van der Waals surface area (Å²) in [6.07, 6.45) is 11.9. The number of hydrogen-bond donors (Lipinski definition) is 1. The molecule has 0 unspecified atom stereocenters. The van der Waals surface area contributed by atoms with Crippen molar-refractivity contribution in [2.45, 2.75) is 71.1 Å². The maximum atomic E-state index is 10.2. The Kier molecular flexibility index (Phi) is 30.8. The number of nitrogens with zero attached hydrogens (tertiary/aromatic N) is 1. The Morgan fingerprint density at radius 3 is 1.52 bits per heavy atom. The Hall–Kier alpha value is 0.576. The first-order chi connectivity index (χ1) is 9.79. The molecule has 0 aliphatic carbocycles. The first kappa shape index (κ1) is 31.4. The Morgan fingerprint density at radius 2 is 1.22 bits per heavy atom. The Morgan fingerprint density at radius 1 is 0.913 bits per heavy atom. The molecule has 0 aliphatic heterocycles. The van der Waals surface area contributed by atoms with Gasteiger partial charge in [0, 0.05) is 16.8 Å². The van der Waals surface area contributed by atoms with Crippen LogP contribution in [0.2, 0.25) is 0 Å². The quantitative estimate of drug-likeness (QED) is 0.172. The summed E-state index contributed by atoms with van der Waals surface area (Å²) in [6, 6.07) is 0. The van der Waals surface area contributed by atoms with Crippen LogP contribution in [0.25, 0.3) is 0 Å². The predicted molar refractivity (Wildman–Crippen MR) is 86.9 cm³/mol. The summed E-state index contributed by atoms with van der Waals surface area (Å²) in [5, 5.41) is 14.8. The second-order valence-electron chi connectivity index (χ2n) is 4.66. The summed E-state index contributed by atoms with van der Waals surface area (Å²) in [5.74, 6) is 0. The van der Waals surface area contributed by atoms with Crippen LogP contribution in [-0.2, 0) is 31.4 Å². The van der Waals surface area contributed by atoms with Crippen LogP contribution in [0.4, 0.5) is 0 Å². The van der Waals surface area contributed by atoms with Gasteiger partial charge in [-0.2, -0.15) is 8.42 Å². The molecule has 8 nitrogen and oxygen atoms in total. The summed E-state index contributed by atoms with van der Waals surface area (Å²) >= 11 is 0. The fourth-order valence-corrected chi connectivity index (χ4v) is 2.08. The van der Waals surface area contributed by atoms with Gasteiger partial charge >= 0.3 is 40.0 Å². The van der Waals surface area contributed by atoms with Gasteiger partial charge in [0.05, 0.1) is 11.7 Å². The molecule has 0 spiro atoms. The van der Waals surface area contributed by atoms with Crippen LogP contribution in [0.5, 0.6) is 0 Å². The summed E-state index contributed by atoms with van der Waals surface area (Å²) in [5.41, 5.74) is 0. The van der Waals surface area contributed by atoms with E-state index in [0.29, 0.717) is 6.42 Å². The number of unbranched alkanes of at least 4 members (excludes halogenated alkanes) is 9. The van der Waals surface area contributed by atoms with E-state index >= 15 is 0 Å².